The first-order valence-corrected chi connectivity index (χ1v) is 30.8. The van der Waals surface area contributed by atoms with Gasteiger partial charge in [-0.25, -0.2) is 15.0 Å². The van der Waals surface area contributed by atoms with Gasteiger partial charge in [-0.3, -0.25) is 0 Å². The van der Waals surface area contributed by atoms with Gasteiger partial charge in [0.05, 0.1) is 22.3 Å². The summed E-state index contributed by atoms with van der Waals surface area (Å²) in [6, 6.07) is 81.9. The van der Waals surface area contributed by atoms with Crippen LogP contribution in [0.4, 0.5) is 34.1 Å². The Morgan fingerprint density at radius 2 is 0.784 bits per heavy atom. The van der Waals surface area contributed by atoms with Crippen LogP contribution in [0.3, 0.4) is 0 Å². The lowest BCUT2D eigenvalue weighted by Crippen LogP contribution is -2.61. The number of para-hydroxylation sites is 3. The molecule has 0 radical (unpaired) electrons. The van der Waals surface area contributed by atoms with Crippen molar-refractivity contribution in [3.05, 3.63) is 246 Å². The molecular weight excluding hydrogens is 1070 g/mol. The third-order valence-electron chi connectivity index (χ3n) is 18.0. The van der Waals surface area contributed by atoms with E-state index in [9.17, 15) is 5.26 Å². The predicted molar refractivity (Wildman–Crippen MR) is 369 cm³/mol. The number of hydrogen-bond acceptors (Lipinski definition) is 6. The van der Waals surface area contributed by atoms with Gasteiger partial charge in [0.2, 0.25) is 0 Å². The van der Waals surface area contributed by atoms with E-state index in [1.165, 1.54) is 50.0 Å². The van der Waals surface area contributed by atoms with E-state index < -0.39 is 0 Å². The topological polar surface area (TPSA) is 73.9 Å². The Morgan fingerprint density at radius 3 is 1.27 bits per heavy atom. The van der Waals surface area contributed by atoms with Crippen molar-refractivity contribution in [3.8, 4) is 57.0 Å². The number of nitriles is 1. The van der Waals surface area contributed by atoms with Crippen molar-refractivity contribution < 1.29 is 0 Å². The summed E-state index contributed by atoms with van der Waals surface area (Å²) < 4.78 is 2.25. The van der Waals surface area contributed by atoms with Gasteiger partial charge in [0, 0.05) is 61.6 Å². The lowest BCUT2D eigenvalue weighted by molar-refractivity contribution is 0.568. The van der Waals surface area contributed by atoms with Gasteiger partial charge in [-0.05, 0) is 150 Å². The maximum atomic E-state index is 11.4. The smallest absolute Gasteiger partial charge is 0.252 e. The molecule has 2 aliphatic heterocycles. The molecule has 2 aromatic heterocycles. The van der Waals surface area contributed by atoms with Crippen LogP contribution in [0.5, 0.6) is 0 Å². The molecule has 0 saturated heterocycles. The molecule has 12 aromatic rings. The zero-order valence-corrected chi connectivity index (χ0v) is 52.5. The first kappa shape index (κ1) is 56.0. The van der Waals surface area contributed by atoms with E-state index in [1.54, 1.807) is 0 Å². The number of anilines is 6. The summed E-state index contributed by atoms with van der Waals surface area (Å²) in [6.07, 6.45) is 0. The molecular formula is C80H72BN7. The van der Waals surface area contributed by atoms with Gasteiger partial charge >= 0.3 is 0 Å². The quantitative estimate of drug-likeness (QED) is 0.148. The minimum Gasteiger partial charge on any atom is -0.311 e. The first-order chi connectivity index (χ1) is 42.1. The summed E-state index contributed by atoms with van der Waals surface area (Å²) in [5, 5.41) is 13.6. The lowest BCUT2D eigenvalue weighted by atomic mass is 9.33. The second kappa shape index (κ2) is 20.7. The van der Waals surface area contributed by atoms with E-state index in [2.05, 4.69) is 243 Å². The van der Waals surface area contributed by atoms with E-state index in [0.717, 1.165) is 72.5 Å². The number of fused-ring (bicyclic) bond motifs is 7. The van der Waals surface area contributed by atoms with E-state index in [0.29, 0.717) is 28.6 Å². The highest BCUT2D eigenvalue weighted by Crippen LogP contribution is 2.49. The first-order valence-electron chi connectivity index (χ1n) is 30.8. The minimum absolute atomic E-state index is 0.0438. The molecule has 8 heteroatoms. The third kappa shape index (κ3) is 9.56. The van der Waals surface area contributed by atoms with Gasteiger partial charge in [0.1, 0.15) is 6.07 Å². The minimum atomic E-state index is -0.109. The predicted octanol–water partition coefficient (Wildman–Crippen LogP) is 18.8. The maximum Gasteiger partial charge on any atom is 0.252 e. The van der Waals surface area contributed by atoms with Crippen LogP contribution in [-0.4, -0.2) is 26.2 Å². The molecule has 4 heterocycles. The van der Waals surface area contributed by atoms with Crippen LogP contribution < -0.4 is 26.2 Å². The Balaban J connectivity index is 1.03. The fraction of sp³-hybridized carbons (Fsp3) is 0.200. The number of benzene rings is 10. The van der Waals surface area contributed by atoms with Crippen LogP contribution in [0.1, 0.15) is 111 Å². The SMILES string of the molecule is CC(C)(C)c1cc(N2c3ccccc3B3c4ccccc4N(c4cc(C(C)(C)C)cc(C(C)(C)C)c4)c4cc(-c5ccc6c(c5)c5ccccc5n6-c5cccc(-c6nc(-c7ccccc7)nc(-c7ccccc7)n6)c5C#N)cc2c43)cc(C(C)(C)C)c1. The molecule has 0 atom stereocenters. The van der Waals surface area contributed by atoms with Gasteiger partial charge in [0.25, 0.3) is 6.71 Å². The molecule has 10 aromatic carbocycles. The summed E-state index contributed by atoms with van der Waals surface area (Å²) in [5.41, 5.74) is 23.3. The van der Waals surface area contributed by atoms with E-state index >= 15 is 0 Å². The van der Waals surface area contributed by atoms with E-state index in [1.807, 2.05) is 78.9 Å². The largest absolute Gasteiger partial charge is 0.311 e. The molecule has 0 spiro atoms. The van der Waals surface area contributed by atoms with Crippen LogP contribution in [-0.2, 0) is 21.7 Å². The van der Waals surface area contributed by atoms with Crippen molar-refractivity contribution in [1.29, 1.82) is 5.26 Å². The molecule has 0 unspecified atom stereocenters. The van der Waals surface area contributed by atoms with Crippen LogP contribution >= 0.6 is 0 Å². The molecule has 2 aliphatic rings. The standard InChI is InChI=1S/C80H72BN7/c1-77(2,3)54-43-55(78(4,5)6)46-58(45-54)86-69-35-23-20-32-64(69)81-65-33-21-24-36-70(65)87(59-47-56(79(7,8)9)44-57(48-59)80(10,11)12)72-42-53(41-71(86)73(72)81)52-38-39-68-62(40-52)60-30-19-22-34-66(60)88(68)67-37-25-31-61(63(67)49-82)76-84-74(50-26-15-13-16-27-50)83-75(85-76)51-28-17-14-18-29-51/h13-48H,1-12H3. The zero-order valence-electron chi connectivity index (χ0n) is 52.5. The summed E-state index contributed by atoms with van der Waals surface area (Å²) in [7, 11) is 0. The lowest BCUT2D eigenvalue weighted by Gasteiger charge is -2.45. The van der Waals surface area contributed by atoms with Crippen molar-refractivity contribution in [2.45, 2.75) is 105 Å². The highest BCUT2D eigenvalue weighted by Gasteiger charge is 2.44. The molecule has 0 aliphatic carbocycles. The Kier molecular flexibility index (Phi) is 13.2. The van der Waals surface area contributed by atoms with Crippen molar-refractivity contribution in [2.24, 2.45) is 0 Å². The van der Waals surface area contributed by atoms with Crippen molar-refractivity contribution in [3.63, 3.8) is 0 Å². The van der Waals surface area contributed by atoms with Crippen LogP contribution in [0.15, 0.2) is 218 Å². The summed E-state index contributed by atoms with van der Waals surface area (Å²) in [6.45, 7) is 27.9. The molecule has 88 heavy (non-hydrogen) atoms. The molecule has 14 rings (SSSR count). The maximum absolute atomic E-state index is 11.4. The number of rotatable bonds is 7. The summed E-state index contributed by atoms with van der Waals surface area (Å²) >= 11 is 0. The highest BCUT2D eigenvalue weighted by atomic mass is 15.2. The van der Waals surface area contributed by atoms with Crippen LogP contribution in [0.25, 0.3) is 72.8 Å². The van der Waals surface area contributed by atoms with E-state index in [4.69, 9.17) is 15.0 Å². The van der Waals surface area contributed by atoms with Crippen LogP contribution in [0.2, 0.25) is 0 Å². The Labute approximate surface area is 518 Å². The number of nitrogens with zero attached hydrogens (tertiary/aromatic N) is 7. The van der Waals surface area contributed by atoms with Crippen molar-refractivity contribution in [1.82, 2.24) is 19.5 Å². The molecule has 0 bridgehead atoms. The Hall–Kier alpha value is -9.84. The monoisotopic (exact) mass is 1140 g/mol. The fourth-order valence-corrected chi connectivity index (χ4v) is 13.2. The van der Waals surface area contributed by atoms with Gasteiger partial charge in [0.15, 0.2) is 17.5 Å². The second-order valence-electron chi connectivity index (χ2n) is 28.1. The molecule has 7 nitrogen and oxygen atoms in total. The van der Waals surface area contributed by atoms with Gasteiger partial charge in [-0.2, -0.15) is 5.26 Å². The molecule has 0 saturated carbocycles. The molecule has 0 fully saturated rings. The number of hydrogen-bond donors (Lipinski definition) is 0. The summed E-state index contributed by atoms with van der Waals surface area (Å²) in [4.78, 5) is 20.3. The fourth-order valence-electron chi connectivity index (χ4n) is 13.2. The molecule has 430 valence electrons. The van der Waals surface area contributed by atoms with E-state index in [-0.39, 0.29) is 28.4 Å². The van der Waals surface area contributed by atoms with Gasteiger partial charge in [-0.1, -0.05) is 223 Å². The molecule has 0 N–H and O–H groups in total. The van der Waals surface area contributed by atoms with Crippen LogP contribution in [0, 0.1) is 11.3 Å². The average Bonchev–Trinajstić information content (AvgIpc) is 0.802. The average molecular weight is 1140 g/mol. The normalized spacial score (nSPS) is 13.1. The van der Waals surface area contributed by atoms with Crippen molar-refractivity contribution >= 4 is 79.0 Å². The van der Waals surface area contributed by atoms with Gasteiger partial charge in [-0.15, -0.1) is 0 Å². The Morgan fingerprint density at radius 1 is 0.352 bits per heavy atom. The zero-order chi connectivity index (χ0) is 61.2. The summed E-state index contributed by atoms with van der Waals surface area (Å²) in [5.74, 6) is 1.51. The second-order valence-corrected chi connectivity index (χ2v) is 28.1. The number of aromatic nitrogens is 4. The Bertz CT molecular complexity index is 4540. The van der Waals surface area contributed by atoms with Gasteiger partial charge < -0.3 is 14.4 Å². The molecule has 0 amide bonds. The third-order valence-corrected chi connectivity index (χ3v) is 18.0. The highest BCUT2D eigenvalue weighted by molar-refractivity contribution is 7.00. The van der Waals surface area contributed by atoms with Crippen molar-refractivity contribution in [2.75, 3.05) is 9.80 Å².